The fourth-order valence-electron chi connectivity index (χ4n) is 6.99. The van der Waals surface area contributed by atoms with Crippen molar-refractivity contribution in [2.45, 2.75) is 70.6 Å². The minimum absolute atomic E-state index is 0.00242. The number of hydrogen-bond donors (Lipinski definition) is 3. The molecule has 2 aromatic rings. The third-order valence-electron chi connectivity index (χ3n) is 8.78. The predicted molar refractivity (Wildman–Crippen MR) is 151 cm³/mol. The third-order valence-corrected chi connectivity index (χ3v) is 8.78. The Bertz CT molecular complexity index is 1280. The number of unbranched alkanes of at least 4 members (excludes halogenated alkanes) is 1. The molecular formula is C31H39N3O6. The van der Waals surface area contributed by atoms with Gasteiger partial charge in [-0.25, -0.2) is 0 Å². The largest absolute Gasteiger partial charge is 0.494 e. The highest BCUT2D eigenvalue weighted by Gasteiger charge is 2.77. The molecule has 9 nitrogen and oxygen atoms in total. The number of nitrogens with one attached hydrogen (secondary N) is 2. The van der Waals surface area contributed by atoms with E-state index in [0.29, 0.717) is 50.3 Å². The molecule has 3 heterocycles. The van der Waals surface area contributed by atoms with Gasteiger partial charge < -0.3 is 30.1 Å². The van der Waals surface area contributed by atoms with Gasteiger partial charge in [-0.15, -0.1) is 0 Å². The minimum atomic E-state index is -1.10. The lowest BCUT2D eigenvalue weighted by atomic mass is 9.66. The van der Waals surface area contributed by atoms with Gasteiger partial charge in [0, 0.05) is 24.5 Å². The van der Waals surface area contributed by atoms with Gasteiger partial charge in [-0.1, -0.05) is 18.2 Å². The fourth-order valence-corrected chi connectivity index (χ4v) is 6.99. The first-order valence-electron chi connectivity index (χ1n) is 14.2. The molecule has 214 valence electrons. The van der Waals surface area contributed by atoms with Crippen LogP contribution in [-0.2, 0) is 19.1 Å². The van der Waals surface area contributed by atoms with Gasteiger partial charge in [0.05, 0.1) is 24.0 Å². The van der Waals surface area contributed by atoms with Gasteiger partial charge in [-0.2, -0.15) is 0 Å². The van der Waals surface area contributed by atoms with Crippen molar-refractivity contribution in [1.82, 2.24) is 4.90 Å². The highest BCUT2D eigenvalue weighted by atomic mass is 16.5. The van der Waals surface area contributed by atoms with E-state index in [0.717, 1.165) is 16.8 Å². The van der Waals surface area contributed by atoms with E-state index in [9.17, 15) is 19.5 Å². The summed E-state index contributed by atoms with van der Waals surface area (Å²) < 4.78 is 12.2. The topological polar surface area (TPSA) is 117 Å². The van der Waals surface area contributed by atoms with Crippen LogP contribution < -0.4 is 15.4 Å². The van der Waals surface area contributed by atoms with Crippen LogP contribution in [-0.4, -0.2) is 64.7 Å². The van der Waals surface area contributed by atoms with Gasteiger partial charge in [0.15, 0.2) is 0 Å². The molecule has 0 aromatic heterocycles. The van der Waals surface area contributed by atoms with E-state index in [-0.39, 0.29) is 24.3 Å². The predicted octanol–water partition coefficient (Wildman–Crippen LogP) is 3.82. The number of ether oxygens (including phenoxy) is 2. The van der Waals surface area contributed by atoms with Crippen LogP contribution in [0, 0.1) is 25.7 Å². The van der Waals surface area contributed by atoms with E-state index in [1.165, 1.54) is 0 Å². The van der Waals surface area contributed by atoms with Crippen molar-refractivity contribution >= 4 is 29.1 Å². The second-order valence-corrected chi connectivity index (χ2v) is 11.4. The molecule has 3 aliphatic rings. The minimum Gasteiger partial charge on any atom is -0.494 e. The molecule has 5 atom stereocenters. The summed E-state index contributed by atoms with van der Waals surface area (Å²) in [5, 5.41) is 15.4. The van der Waals surface area contributed by atoms with Gasteiger partial charge in [0.25, 0.3) is 0 Å². The number of likely N-dealkylation sites (tertiary alicyclic amines) is 1. The maximum atomic E-state index is 14.1. The number of carbonyl (C=O) groups is 3. The van der Waals surface area contributed by atoms with Crippen LogP contribution in [0.15, 0.2) is 42.5 Å². The Kier molecular flexibility index (Phi) is 7.63. The van der Waals surface area contributed by atoms with E-state index in [1.54, 1.807) is 29.2 Å². The first kappa shape index (κ1) is 28.1. The molecule has 3 saturated heterocycles. The Labute approximate surface area is 235 Å². The molecule has 0 saturated carbocycles. The zero-order chi connectivity index (χ0) is 28.7. The van der Waals surface area contributed by atoms with E-state index in [4.69, 9.17) is 9.47 Å². The Morgan fingerprint density at radius 2 is 1.75 bits per heavy atom. The number of carbonyl (C=O) groups excluding carboxylic acids is 3. The monoisotopic (exact) mass is 549 g/mol. The summed E-state index contributed by atoms with van der Waals surface area (Å²) in [5.41, 5.74) is 1.20. The normalized spacial score (nSPS) is 28.5. The number of aliphatic hydroxyl groups excluding tert-OH is 1. The quantitative estimate of drug-likeness (QED) is 0.388. The Balaban J connectivity index is 1.46. The van der Waals surface area contributed by atoms with E-state index in [1.807, 2.05) is 45.9 Å². The molecule has 2 aromatic carbocycles. The van der Waals surface area contributed by atoms with Crippen molar-refractivity contribution in [3.63, 3.8) is 0 Å². The molecule has 5 rings (SSSR count). The summed E-state index contributed by atoms with van der Waals surface area (Å²) in [4.78, 5) is 43.5. The molecule has 2 bridgehead atoms. The van der Waals surface area contributed by atoms with E-state index in [2.05, 4.69) is 10.6 Å². The molecule has 2 unspecified atom stereocenters. The molecule has 3 amide bonds. The molecule has 3 aliphatic heterocycles. The molecule has 3 N–H and O–H groups in total. The van der Waals surface area contributed by atoms with Gasteiger partial charge >= 0.3 is 0 Å². The second kappa shape index (κ2) is 10.9. The average molecular weight is 550 g/mol. The van der Waals surface area contributed by atoms with Crippen molar-refractivity contribution in [3.05, 3.63) is 53.6 Å². The number of fused-ring (bicyclic) bond motifs is 1. The molecular weight excluding hydrogens is 510 g/mol. The lowest BCUT2D eigenvalue weighted by Gasteiger charge is -2.33. The van der Waals surface area contributed by atoms with Crippen molar-refractivity contribution in [2.24, 2.45) is 11.8 Å². The summed E-state index contributed by atoms with van der Waals surface area (Å²) in [6.07, 6.45) is 2.12. The first-order chi connectivity index (χ1) is 19.1. The summed E-state index contributed by atoms with van der Waals surface area (Å²) in [6, 6.07) is 12.0. The number of benzene rings is 2. The molecule has 0 aliphatic carbocycles. The van der Waals surface area contributed by atoms with Crippen LogP contribution in [0.4, 0.5) is 11.4 Å². The lowest BCUT2D eigenvalue weighted by molar-refractivity contribution is -0.143. The van der Waals surface area contributed by atoms with Crippen molar-refractivity contribution < 1.29 is 29.0 Å². The highest BCUT2D eigenvalue weighted by Crippen LogP contribution is 2.63. The smallest absolute Gasteiger partial charge is 0.250 e. The average Bonchev–Trinajstić information content (AvgIpc) is 3.48. The molecule has 3 fully saturated rings. The number of anilines is 2. The third kappa shape index (κ3) is 4.65. The van der Waals surface area contributed by atoms with Crippen LogP contribution in [0.1, 0.15) is 50.7 Å². The van der Waals surface area contributed by atoms with Crippen LogP contribution in [0.3, 0.4) is 0 Å². The summed E-state index contributed by atoms with van der Waals surface area (Å²) in [7, 11) is 0. The lowest BCUT2D eigenvalue weighted by Crippen LogP contribution is -2.53. The van der Waals surface area contributed by atoms with Gasteiger partial charge in [0.1, 0.15) is 17.4 Å². The number of nitrogens with zero attached hydrogens (tertiary/aromatic N) is 1. The number of aliphatic hydroxyl groups is 1. The number of aryl methyl sites for hydroxylation is 2. The molecule has 9 heteroatoms. The SMILES string of the molecule is CCOc1ccc(NC(=O)[C@@H]2[C@H]3C(=O)N(CCCCO)C(C(=O)Nc4c(C)cccc4C)C34CC[C@@]2(C)O4)cc1. The van der Waals surface area contributed by atoms with Crippen molar-refractivity contribution in [1.29, 1.82) is 0 Å². The highest BCUT2D eigenvalue weighted by molar-refractivity contribution is 6.05. The van der Waals surface area contributed by atoms with E-state index >= 15 is 0 Å². The van der Waals surface area contributed by atoms with Gasteiger partial charge in [-0.3, -0.25) is 14.4 Å². The zero-order valence-electron chi connectivity index (χ0n) is 23.7. The van der Waals surface area contributed by atoms with Crippen LogP contribution >= 0.6 is 0 Å². The maximum absolute atomic E-state index is 14.1. The standard InChI is InChI=1S/C31H39N3O6/c1-5-39-22-13-11-21(12-14-22)32-27(36)23-24-29(38)34(17-6-7-18-35)26(31(24)16-15-30(23,4)40-31)28(37)33-25-19(2)9-8-10-20(25)3/h8-14,23-24,26,35H,5-7,15-18H2,1-4H3,(H,32,36)(H,33,37)/t23-,24-,26?,30+,31?/m0/s1. The summed E-state index contributed by atoms with van der Waals surface area (Å²) >= 11 is 0. The fraction of sp³-hybridized carbons (Fsp3) is 0.516. The number of rotatable bonds is 10. The summed E-state index contributed by atoms with van der Waals surface area (Å²) in [6.45, 7) is 8.50. The van der Waals surface area contributed by atoms with Crippen molar-refractivity contribution in [2.75, 3.05) is 30.4 Å². The Morgan fingerprint density at radius 1 is 1.05 bits per heavy atom. The zero-order valence-corrected chi connectivity index (χ0v) is 23.7. The van der Waals surface area contributed by atoms with Gasteiger partial charge in [-0.05, 0) is 88.8 Å². The summed E-state index contributed by atoms with van der Waals surface area (Å²) in [5.74, 6) is -1.67. The number of amides is 3. The van der Waals surface area contributed by atoms with Crippen LogP contribution in [0.2, 0.25) is 0 Å². The Morgan fingerprint density at radius 3 is 2.40 bits per heavy atom. The maximum Gasteiger partial charge on any atom is 0.250 e. The molecule has 0 radical (unpaired) electrons. The van der Waals surface area contributed by atoms with Crippen LogP contribution in [0.25, 0.3) is 0 Å². The Hall–Kier alpha value is -3.43. The number of para-hydroxylation sites is 1. The number of hydrogen-bond acceptors (Lipinski definition) is 6. The van der Waals surface area contributed by atoms with E-state index < -0.39 is 29.1 Å². The second-order valence-electron chi connectivity index (χ2n) is 11.4. The first-order valence-corrected chi connectivity index (χ1v) is 14.2. The molecule has 1 spiro atoms. The molecule has 40 heavy (non-hydrogen) atoms. The van der Waals surface area contributed by atoms with Crippen LogP contribution in [0.5, 0.6) is 5.75 Å². The van der Waals surface area contributed by atoms with Gasteiger partial charge in [0.2, 0.25) is 17.7 Å². The van der Waals surface area contributed by atoms with Crippen molar-refractivity contribution in [3.8, 4) is 5.75 Å².